The number of nitrogens with zero attached hydrogens (tertiary/aromatic N) is 9. The number of hydrogen-bond acceptors (Lipinski definition) is 9. The molecule has 0 saturated carbocycles. The maximum Gasteiger partial charge on any atom is 0.321 e. The Bertz CT molecular complexity index is 1920. The van der Waals surface area contributed by atoms with Crippen molar-refractivity contribution >= 4 is 39.6 Å². The van der Waals surface area contributed by atoms with E-state index in [0.29, 0.717) is 16.5 Å². The third kappa shape index (κ3) is 5.18. The summed E-state index contributed by atoms with van der Waals surface area (Å²) in [4.78, 5) is 34.0. The highest BCUT2D eigenvalue weighted by molar-refractivity contribution is 6.16. The zero-order chi connectivity index (χ0) is 28.0. The van der Waals surface area contributed by atoms with Gasteiger partial charge in [0.1, 0.15) is 5.69 Å². The number of fused-ring (bicyclic) bond motifs is 1. The maximum absolute atomic E-state index is 13.8. The van der Waals surface area contributed by atoms with E-state index in [1.807, 2.05) is 42.5 Å². The number of rotatable bonds is 7. The minimum absolute atomic E-state index is 0.0116. The lowest BCUT2D eigenvalue weighted by Gasteiger charge is -2.15. The number of para-hydroxylation sites is 1. The molecule has 196 valence electrons. The number of aromatic nitrogens is 6. The van der Waals surface area contributed by atoms with Gasteiger partial charge < -0.3 is 10.1 Å². The lowest BCUT2D eigenvalue weighted by atomic mass is 10.0. The fourth-order valence-electron chi connectivity index (χ4n) is 4.02. The summed E-state index contributed by atoms with van der Waals surface area (Å²) in [5, 5.41) is 17.3. The first kappa shape index (κ1) is 25.0. The molecule has 0 atom stereocenters. The Labute approximate surface area is 232 Å². The van der Waals surface area contributed by atoms with Crippen LogP contribution >= 0.6 is 0 Å². The van der Waals surface area contributed by atoms with Gasteiger partial charge in [-0.2, -0.15) is 9.78 Å². The average molecular weight is 539 g/mol. The fraction of sp³-hybridized carbons (Fsp3) is 0. The van der Waals surface area contributed by atoms with Gasteiger partial charge in [-0.15, -0.1) is 10.2 Å². The zero-order valence-corrected chi connectivity index (χ0v) is 21.2. The van der Waals surface area contributed by atoms with Crippen molar-refractivity contribution in [3.63, 3.8) is 0 Å². The predicted octanol–water partition coefficient (Wildman–Crippen LogP) is 6.62. The molecule has 41 heavy (non-hydrogen) atoms. The highest BCUT2D eigenvalue weighted by Crippen LogP contribution is 2.41. The second-order valence-electron chi connectivity index (χ2n) is 8.40. The molecule has 1 amide bonds. The molecule has 12 heteroatoms. The second-order valence-corrected chi connectivity index (χ2v) is 8.40. The Morgan fingerprint density at radius 3 is 2.34 bits per heavy atom. The molecule has 3 aromatic carbocycles. The Balaban J connectivity index is 1.53. The summed E-state index contributed by atoms with van der Waals surface area (Å²) in [6, 6.07) is 21.5. The highest BCUT2D eigenvalue weighted by atomic mass is 16.5. The summed E-state index contributed by atoms with van der Waals surface area (Å²) < 4.78 is 7.41. The molecule has 0 fully saturated rings. The van der Waals surface area contributed by atoms with Crippen molar-refractivity contribution in [3.05, 3.63) is 121 Å². The number of ether oxygens (including phenoxy) is 1. The quantitative estimate of drug-likeness (QED) is 0.178. The molecule has 1 N–H and O–H groups in total. The standard InChI is InChI=1S/C29H18N10O2/c1-30-23-18-35-39(28-31-13-7-14-32-28)26(23)38-37-22-17-19-9-5-6-12-21(19)24(25(22)41-29-33-15-8-16-34-29)27(40)36-20-10-3-2-4-11-20/h2-18H,(H,36,40). The summed E-state index contributed by atoms with van der Waals surface area (Å²) in [5.41, 5.74) is 1.15. The van der Waals surface area contributed by atoms with Crippen molar-refractivity contribution in [2.45, 2.75) is 0 Å². The van der Waals surface area contributed by atoms with Gasteiger partial charge in [0.25, 0.3) is 17.5 Å². The number of azo groups is 1. The van der Waals surface area contributed by atoms with Crippen LogP contribution in [0, 0.1) is 6.57 Å². The molecule has 0 aliphatic heterocycles. The Morgan fingerprint density at radius 2 is 1.59 bits per heavy atom. The van der Waals surface area contributed by atoms with Crippen LogP contribution in [0.15, 0.2) is 114 Å². The van der Waals surface area contributed by atoms with Crippen molar-refractivity contribution in [3.8, 4) is 17.7 Å². The largest absolute Gasteiger partial charge is 0.421 e. The monoisotopic (exact) mass is 538 g/mol. The summed E-state index contributed by atoms with van der Waals surface area (Å²) >= 11 is 0. The number of benzene rings is 3. The molecule has 6 rings (SSSR count). The molecular formula is C29H18N10O2. The first-order valence-electron chi connectivity index (χ1n) is 12.2. The predicted molar refractivity (Wildman–Crippen MR) is 150 cm³/mol. The average Bonchev–Trinajstić information content (AvgIpc) is 3.44. The molecule has 6 aromatic rings. The summed E-state index contributed by atoms with van der Waals surface area (Å²) in [6.45, 7) is 7.57. The van der Waals surface area contributed by atoms with Crippen LogP contribution in [0.25, 0.3) is 21.6 Å². The van der Waals surface area contributed by atoms with Crippen molar-refractivity contribution in [2.75, 3.05) is 5.32 Å². The number of anilines is 1. The fourth-order valence-corrected chi connectivity index (χ4v) is 4.02. The van der Waals surface area contributed by atoms with Crippen molar-refractivity contribution in [1.29, 1.82) is 0 Å². The van der Waals surface area contributed by atoms with E-state index >= 15 is 0 Å². The zero-order valence-electron chi connectivity index (χ0n) is 21.2. The van der Waals surface area contributed by atoms with Gasteiger partial charge in [0, 0.05) is 30.5 Å². The van der Waals surface area contributed by atoms with Crippen LogP contribution in [0.2, 0.25) is 0 Å². The molecule has 12 nitrogen and oxygen atoms in total. The van der Waals surface area contributed by atoms with Crippen LogP contribution in [0.3, 0.4) is 0 Å². The summed E-state index contributed by atoms with van der Waals surface area (Å²) in [7, 11) is 0. The number of amides is 1. The molecule has 0 spiro atoms. The molecule has 0 unspecified atom stereocenters. The van der Waals surface area contributed by atoms with E-state index in [2.05, 4.69) is 45.4 Å². The SMILES string of the molecule is [C-]#[N+]c1cnn(-c2ncccn2)c1N=Nc1cc2ccccc2c(C(=O)Nc2ccccc2)c1Oc1ncccn1. The van der Waals surface area contributed by atoms with E-state index in [-0.39, 0.29) is 40.5 Å². The van der Waals surface area contributed by atoms with Crippen LogP contribution in [0.1, 0.15) is 10.4 Å². The normalized spacial score (nSPS) is 10.9. The van der Waals surface area contributed by atoms with Crippen LogP contribution in [-0.2, 0) is 0 Å². The van der Waals surface area contributed by atoms with E-state index in [4.69, 9.17) is 11.3 Å². The lowest BCUT2D eigenvalue weighted by molar-refractivity contribution is 0.102. The van der Waals surface area contributed by atoms with E-state index in [1.165, 1.54) is 23.3 Å². The van der Waals surface area contributed by atoms with Gasteiger partial charge in [0.05, 0.1) is 18.3 Å². The van der Waals surface area contributed by atoms with Gasteiger partial charge in [-0.05, 0) is 41.1 Å². The first-order chi connectivity index (χ1) is 20.2. The number of hydrogen-bond donors (Lipinski definition) is 1. The maximum atomic E-state index is 13.8. The summed E-state index contributed by atoms with van der Waals surface area (Å²) in [5.74, 6) is -0.0260. The van der Waals surface area contributed by atoms with Crippen LogP contribution in [-0.4, -0.2) is 35.6 Å². The molecule has 0 saturated heterocycles. The van der Waals surface area contributed by atoms with Crippen molar-refractivity contribution < 1.29 is 9.53 Å². The van der Waals surface area contributed by atoms with E-state index in [9.17, 15) is 4.79 Å². The second kappa shape index (κ2) is 11.2. The highest BCUT2D eigenvalue weighted by Gasteiger charge is 2.23. The van der Waals surface area contributed by atoms with Gasteiger partial charge in [-0.25, -0.2) is 24.8 Å². The number of carbonyl (C=O) groups excluding carboxylic acids is 1. The van der Waals surface area contributed by atoms with E-state index < -0.39 is 5.91 Å². The first-order valence-corrected chi connectivity index (χ1v) is 12.2. The number of nitrogens with one attached hydrogen (secondary N) is 1. The van der Waals surface area contributed by atoms with Gasteiger partial charge >= 0.3 is 6.01 Å². The Hall–Kier alpha value is -6.35. The topological polar surface area (TPSA) is 137 Å². The minimum atomic E-state index is -0.431. The van der Waals surface area contributed by atoms with Gasteiger partial charge in [-0.3, -0.25) is 4.79 Å². The number of carbonyl (C=O) groups is 1. The van der Waals surface area contributed by atoms with Crippen molar-refractivity contribution in [1.82, 2.24) is 29.7 Å². The van der Waals surface area contributed by atoms with Crippen LogP contribution < -0.4 is 10.1 Å². The van der Waals surface area contributed by atoms with Crippen LogP contribution in [0.5, 0.6) is 11.8 Å². The third-order valence-corrected chi connectivity index (χ3v) is 5.82. The molecule has 0 aliphatic carbocycles. The van der Waals surface area contributed by atoms with E-state index in [0.717, 1.165) is 0 Å². The minimum Gasteiger partial charge on any atom is -0.421 e. The Morgan fingerprint density at radius 1 is 0.878 bits per heavy atom. The smallest absolute Gasteiger partial charge is 0.321 e. The van der Waals surface area contributed by atoms with E-state index in [1.54, 1.807) is 42.7 Å². The van der Waals surface area contributed by atoms with Crippen molar-refractivity contribution in [2.24, 2.45) is 10.2 Å². The molecule has 3 aromatic heterocycles. The molecule has 0 radical (unpaired) electrons. The molecule has 0 aliphatic rings. The lowest BCUT2D eigenvalue weighted by Crippen LogP contribution is -2.14. The molecule has 0 bridgehead atoms. The Kier molecular flexibility index (Phi) is 6.80. The molecule has 3 heterocycles. The summed E-state index contributed by atoms with van der Waals surface area (Å²) in [6.07, 6.45) is 7.50. The van der Waals surface area contributed by atoms with Gasteiger partial charge in [-0.1, -0.05) is 42.5 Å². The van der Waals surface area contributed by atoms with Gasteiger partial charge in [0.2, 0.25) is 0 Å². The van der Waals surface area contributed by atoms with Crippen LogP contribution in [0.4, 0.5) is 22.9 Å². The third-order valence-electron chi connectivity index (χ3n) is 5.82. The molecular weight excluding hydrogens is 520 g/mol. The van der Waals surface area contributed by atoms with Gasteiger partial charge in [0.15, 0.2) is 11.6 Å².